The third kappa shape index (κ3) is 3.05. The number of halogens is 2. The van der Waals surface area contributed by atoms with Crippen LogP contribution in [0, 0.1) is 9.39 Å². The van der Waals surface area contributed by atoms with Crippen molar-refractivity contribution in [1.29, 1.82) is 0 Å². The molecular weight excluding hydrogens is 342 g/mol. The lowest BCUT2D eigenvalue weighted by Crippen LogP contribution is -2.23. The van der Waals surface area contributed by atoms with Crippen LogP contribution in [0.2, 0.25) is 0 Å². The molecule has 0 saturated heterocycles. The standard InChI is InChI=1S/C14H14FIN2/c1-2-18-14(10-4-3-7-17-9-10)12-6-5-11(15)8-13(12)16/h3-9,14,18H,2H2,1H3. The Morgan fingerprint density at radius 3 is 2.83 bits per heavy atom. The number of hydrogen-bond donors (Lipinski definition) is 1. The monoisotopic (exact) mass is 356 g/mol. The first-order valence-electron chi connectivity index (χ1n) is 5.80. The first-order valence-corrected chi connectivity index (χ1v) is 6.88. The van der Waals surface area contributed by atoms with Crippen LogP contribution < -0.4 is 5.32 Å². The molecule has 94 valence electrons. The van der Waals surface area contributed by atoms with E-state index >= 15 is 0 Å². The van der Waals surface area contributed by atoms with E-state index in [0.717, 1.165) is 21.2 Å². The van der Waals surface area contributed by atoms with Gasteiger partial charge in [-0.1, -0.05) is 19.1 Å². The molecule has 4 heteroatoms. The molecule has 2 aromatic rings. The Bertz CT molecular complexity index is 516. The number of pyridine rings is 1. The van der Waals surface area contributed by atoms with E-state index in [1.807, 2.05) is 24.4 Å². The smallest absolute Gasteiger partial charge is 0.124 e. The maximum absolute atomic E-state index is 13.2. The molecule has 2 nitrogen and oxygen atoms in total. The van der Waals surface area contributed by atoms with Crippen LogP contribution in [0.25, 0.3) is 0 Å². The lowest BCUT2D eigenvalue weighted by atomic mass is 10.0. The lowest BCUT2D eigenvalue weighted by molar-refractivity contribution is 0.609. The van der Waals surface area contributed by atoms with Crippen LogP contribution in [0.4, 0.5) is 4.39 Å². The SMILES string of the molecule is CCNC(c1cccnc1)c1ccc(F)cc1I. The van der Waals surface area contributed by atoms with Gasteiger partial charge in [0.15, 0.2) is 0 Å². The zero-order valence-corrected chi connectivity index (χ0v) is 12.2. The van der Waals surface area contributed by atoms with Crippen LogP contribution in [0.1, 0.15) is 24.1 Å². The predicted octanol–water partition coefficient (Wildman–Crippen LogP) is 3.52. The summed E-state index contributed by atoms with van der Waals surface area (Å²) in [6.07, 6.45) is 3.59. The summed E-state index contributed by atoms with van der Waals surface area (Å²) >= 11 is 2.17. The van der Waals surface area contributed by atoms with E-state index < -0.39 is 0 Å². The van der Waals surface area contributed by atoms with Crippen LogP contribution in [-0.2, 0) is 0 Å². The van der Waals surface area contributed by atoms with Gasteiger partial charge in [0.1, 0.15) is 5.82 Å². The topological polar surface area (TPSA) is 24.9 Å². The van der Waals surface area contributed by atoms with Crippen LogP contribution in [-0.4, -0.2) is 11.5 Å². The molecule has 0 aliphatic heterocycles. The minimum atomic E-state index is -0.204. The van der Waals surface area contributed by atoms with Crippen molar-refractivity contribution in [3.8, 4) is 0 Å². The second-order valence-electron chi connectivity index (χ2n) is 3.94. The van der Waals surface area contributed by atoms with Crippen LogP contribution in [0.3, 0.4) is 0 Å². The van der Waals surface area contributed by atoms with Crippen molar-refractivity contribution in [1.82, 2.24) is 10.3 Å². The number of aromatic nitrogens is 1. The Hall–Kier alpha value is -1.01. The zero-order valence-electron chi connectivity index (χ0n) is 10.0. The van der Waals surface area contributed by atoms with E-state index in [9.17, 15) is 4.39 Å². The molecule has 0 saturated carbocycles. The normalized spacial score (nSPS) is 12.4. The molecule has 0 amide bonds. The van der Waals surface area contributed by atoms with Gasteiger partial charge in [-0.25, -0.2) is 4.39 Å². The summed E-state index contributed by atoms with van der Waals surface area (Å²) in [5, 5.41) is 3.41. The molecule has 0 aliphatic carbocycles. The molecule has 18 heavy (non-hydrogen) atoms. The summed E-state index contributed by atoms with van der Waals surface area (Å²) in [5.74, 6) is -0.204. The summed E-state index contributed by atoms with van der Waals surface area (Å²) in [4.78, 5) is 4.14. The summed E-state index contributed by atoms with van der Waals surface area (Å²) in [5.41, 5.74) is 2.16. The third-order valence-electron chi connectivity index (χ3n) is 2.70. The molecule has 1 heterocycles. The van der Waals surface area contributed by atoms with Gasteiger partial charge < -0.3 is 5.32 Å². The lowest BCUT2D eigenvalue weighted by Gasteiger charge is -2.20. The van der Waals surface area contributed by atoms with Crippen molar-refractivity contribution < 1.29 is 4.39 Å². The number of hydrogen-bond acceptors (Lipinski definition) is 2. The highest BCUT2D eigenvalue weighted by atomic mass is 127. The molecule has 0 spiro atoms. The zero-order chi connectivity index (χ0) is 13.0. The highest BCUT2D eigenvalue weighted by Gasteiger charge is 2.16. The molecular formula is C14H14FIN2. The number of nitrogens with one attached hydrogen (secondary N) is 1. The van der Waals surface area contributed by atoms with Crippen LogP contribution in [0.15, 0.2) is 42.7 Å². The predicted molar refractivity (Wildman–Crippen MR) is 78.9 cm³/mol. The Morgan fingerprint density at radius 1 is 1.39 bits per heavy atom. The summed E-state index contributed by atoms with van der Waals surface area (Å²) in [6.45, 7) is 2.90. The van der Waals surface area contributed by atoms with Gasteiger partial charge in [0.2, 0.25) is 0 Å². The number of rotatable bonds is 4. The van der Waals surface area contributed by atoms with Crippen LogP contribution >= 0.6 is 22.6 Å². The maximum Gasteiger partial charge on any atom is 0.124 e. The molecule has 1 aromatic heterocycles. The van der Waals surface area contributed by atoms with Gasteiger partial charge in [-0.2, -0.15) is 0 Å². The van der Waals surface area contributed by atoms with Crippen molar-refractivity contribution >= 4 is 22.6 Å². The maximum atomic E-state index is 13.2. The molecule has 1 unspecified atom stereocenters. The highest BCUT2D eigenvalue weighted by Crippen LogP contribution is 2.26. The Morgan fingerprint density at radius 2 is 2.22 bits per heavy atom. The summed E-state index contributed by atoms with van der Waals surface area (Å²) in [6, 6.07) is 8.87. The Balaban J connectivity index is 2.41. The van der Waals surface area contributed by atoms with E-state index in [1.54, 1.807) is 12.3 Å². The second kappa shape index (κ2) is 6.24. The molecule has 1 atom stereocenters. The molecule has 2 rings (SSSR count). The second-order valence-corrected chi connectivity index (χ2v) is 5.11. The van der Waals surface area contributed by atoms with Gasteiger partial charge in [-0.3, -0.25) is 4.98 Å². The van der Waals surface area contributed by atoms with Crippen molar-refractivity contribution in [2.24, 2.45) is 0 Å². The molecule has 0 radical (unpaired) electrons. The average Bonchev–Trinajstić information content (AvgIpc) is 2.38. The average molecular weight is 356 g/mol. The molecule has 0 bridgehead atoms. The molecule has 1 aromatic carbocycles. The van der Waals surface area contributed by atoms with E-state index in [4.69, 9.17) is 0 Å². The molecule has 0 aliphatic rings. The first-order chi connectivity index (χ1) is 8.72. The summed E-state index contributed by atoms with van der Waals surface area (Å²) < 4.78 is 14.1. The van der Waals surface area contributed by atoms with Gasteiger partial charge in [-0.05, 0) is 58.5 Å². The third-order valence-corrected chi connectivity index (χ3v) is 3.63. The van der Waals surface area contributed by atoms with Crippen LogP contribution in [0.5, 0.6) is 0 Å². The minimum absolute atomic E-state index is 0.0520. The largest absolute Gasteiger partial charge is 0.306 e. The molecule has 1 N–H and O–H groups in total. The van der Waals surface area contributed by atoms with Gasteiger partial charge in [0.05, 0.1) is 6.04 Å². The van der Waals surface area contributed by atoms with Gasteiger partial charge in [0.25, 0.3) is 0 Å². The van der Waals surface area contributed by atoms with Crippen molar-refractivity contribution in [2.75, 3.05) is 6.54 Å². The summed E-state index contributed by atoms with van der Waals surface area (Å²) in [7, 11) is 0. The fraction of sp³-hybridized carbons (Fsp3) is 0.214. The number of nitrogens with zero attached hydrogens (tertiary/aromatic N) is 1. The quantitative estimate of drug-likeness (QED) is 0.848. The fourth-order valence-electron chi connectivity index (χ4n) is 1.89. The Kier molecular flexibility index (Phi) is 4.66. The van der Waals surface area contributed by atoms with Gasteiger partial charge in [0, 0.05) is 16.0 Å². The fourth-order valence-corrected chi connectivity index (χ4v) is 2.68. The van der Waals surface area contributed by atoms with Gasteiger partial charge in [-0.15, -0.1) is 0 Å². The van der Waals surface area contributed by atoms with E-state index in [-0.39, 0.29) is 11.9 Å². The molecule has 0 fully saturated rings. The van der Waals surface area contributed by atoms with E-state index in [1.165, 1.54) is 6.07 Å². The Labute approximate surface area is 120 Å². The van der Waals surface area contributed by atoms with Crippen molar-refractivity contribution in [3.63, 3.8) is 0 Å². The number of benzene rings is 1. The first kappa shape index (κ1) is 13.4. The van der Waals surface area contributed by atoms with Crippen molar-refractivity contribution in [2.45, 2.75) is 13.0 Å². The highest BCUT2D eigenvalue weighted by molar-refractivity contribution is 14.1. The van der Waals surface area contributed by atoms with E-state index in [0.29, 0.717) is 0 Å². The minimum Gasteiger partial charge on any atom is -0.306 e. The van der Waals surface area contributed by atoms with Crippen molar-refractivity contribution in [3.05, 3.63) is 63.2 Å². The van der Waals surface area contributed by atoms with E-state index in [2.05, 4.69) is 39.8 Å². The van der Waals surface area contributed by atoms with Gasteiger partial charge >= 0.3 is 0 Å².